The zero-order valence-electron chi connectivity index (χ0n) is 10.5. The van der Waals surface area contributed by atoms with Gasteiger partial charge in [-0.2, -0.15) is 4.98 Å². The largest absolute Gasteiger partial charge is 0.339 e. The van der Waals surface area contributed by atoms with Gasteiger partial charge in [0.05, 0.1) is 5.92 Å². The molecule has 6 nitrogen and oxygen atoms in total. The summed E-state index contributed by atoms with van der Waals surface area (Å²) < 4.78 is 27.8. The van der Waals surface area contributed by atoms with Crippen LogP contribution in [-0.2, 0) is 9.84 Å². The molecule has 0 radical (unpaired) electrons. The summed E-state index contributed by atoms with van der Waals surface area (Å²) in [5, 5.41) is 2.95. The molecule has 0 saturated carbocycles. The highest BCUT2D eigenvalue weighted by atomic mass is 32.2. The highest BCUT2D eigenvalue weighted by molar-refractivity contribution is 7.90. The van der Waals surface area contributed by atoms with Crippen LogP contribution >= 0.6 is 0 Å². The standard InChI is InChI=1S/C10H19N3O3S/c1-6(2)8(5-11)10-12-9(13-16-10)7(3)17(4,14)15/h6-8H,5,11H2,1-4H3. The fourth-order valence-corrected chi connectivity index (χ4v) is 1.89. The molecular formula is C10H19N3O3S. The topological polar surface area (TPSA) is 99.1 Å². The van der Waals surface area contributed by atoms with Crippen LogP contribution in [0.2, 0.25) is 0 Å². The molecule has 0 saturated heterocycles. The molecule has 98 valence electrons. The van der Waals surface area contributed by atoms with Crippen molar-refractivity contribution in [2.45, 2.75) is 31.9 Å². The number of nitrogens with two attached hydrogens (primary N) is 1. The molecule has 0 aliphatic carbocycles. The lowest BCUT2D eigenvalue weighted by Crippen LogP contribution is -2.18. The van der Waals surface area contributed by atoms with Gasteiger partial charge in [-0.15, -0.1) is 0 Å². The molecule has 0 bridgehead atoms. The van der Waals surface area contributed by atoms with Gasteiger partial charge in [0.15, 0.2) is 15.7 Å². The van der Waals surface area contributed by atoms with Crippen molar-refractivity contribution >= 4 is 9.84 Å². The maximum absolute atomic E-state index is 11.4. The lowest BCUT2D eigenvalue weighted by molar-refractivity contribution is 0.321. The lowest BCUT2D eigenvalue weighted by Gasteiger charge is -2.13. The van der Waals surface area contributed by atoms with Gasteiger partial charge in [-0.3, -0.25) is 0 Å². The number of aromatic nitrogens is 2. The van der Waals surface area contributed by atoms with Crippen LogP contribution in [0.1, 0.15) is 43.7 Å². The molecule has 1 heterocycles. The second-order valence-corrected chi connectivity index (χ2v) is 6.91. The van der Waals surface area contributed by atoms with E-state index in [2.05, 4.69) is 10.1 Å². The van der Waals surface area contributed by atoms with Gasteiger partial charge in [0.25, 0.3) is 0 Å². The van der Waals surface area contributed by atoms with Crippen molar-refractivity contribution in [3.63, 3.8) is 0 Å². The smallest absolute Gasteiger partial charge is 0.231 e. The van der Waals surface area contributed by atoms with Crippen molar-refractivity contribution in [1.82, 2.24) is 10.1 Å². The van der Waals surface area contributed by atoms with E-state index in [9.17, 15) is 8.42 Å². The van der Waals surface area contributed by atoms with Crippen LogP contribution in [0, 0.1) is 5.92 Å². The molecule has 1 aromatic rings. The Hall–Kier alpha value is -0.950. The zero-order valence-corrected chi connectivity index (χ0v) is 11.4. The minimum atomic E-state index is -3.21. The highest BCUT2D eigenvalue weighted by Crippen LogP contribution is 2.24. The predicted molar refractivity (Wildman–Crippen MR) is 64.2 cm³/mol. The zero-order chi connectivity index (χ0) is 13.2. The minimum Gasteiger partial charge on any atom is -0.339 e. The first kappa shape index (κ1) is 14.1. The quantitative estimate of drug-likeness (QED) is 0.844. The Kier molecular flexibility index (Phi) is 4.26. The van der Waals surface area contributed by atoms with Crippen LogP contribution in [-0.4, -0.2) is 31.4 Å². The second-order valence-electron chi connectivity index (χ2n) is 4.55. The third kappa shape index (κ3) is 3.26. The summed E-state index contributed by atoms with van der Waals surface area (Å²) in [6.07, 6.45) is 1.15. The minimum absolute atomic E-state index is 0.0389. The molecule has 17 heavy (non-hydrogen) atoms. The normalized spacial score (nSPS) is 16.1. The van der Waals surface area contributed by atoms with Crippen LogP contribution in [0.25, 0.3) is 0 Å². The summed E-state index contributed by atoms with van der Waals surface area (Å²) in [6.45, 7) is 5.94. The molecule has 2 N–H and O–H groups in total. The van der Waals surface area contributed by atoms with Crippen molar-refractivity contribution in [3.8, 4) is 0 Å². The van der Waals surface area contributed by atoms with Gasteiger partial charge in [-0.25, -0.2) is 8.42 Å². The Morgan fingerprint density at radius 3 is 2.35 bits per heavy atom. The summed E-state index contributed by atoms with van der Waals surface area (Å²) in [4.78, 5) is 4.13. The SMILES string of the molecule is CC(C)C(CN)c1nc(C(C)S(C)(=O)=O)no1. The van der Waals surface area contributed by atoms with E-state index in [1.807, 2.05) is 13.8 Å². The van der Waals surface area contributed by atoms with Crippen molar-refractivity contribution in [1.29, 1.82) is 0 Å². The molecular weight excluding hydrogens is 242 g/mol. The first-order valence-corrected chi connectivity index (χ1v) is 7.45. The van der Waals surface area contributed by atoms with Gasteiger partial charge in [-0.05, 0) is 12.8 Å². The number of hydrogen-bond acceptors (Lipinski definition) is 6. The average molecular weight is 261 g/mol. The maximum Gasteiger partial charge on any atom is 0.231 e. The van der Waals surface area contributed by atoms with Crippen molar-refractivity contribution in [2.75, 3.05) is 12.8 Å². The van der Waals surface area contributed by atoms with E-state index in [0.29, 0.717) is 12.4 Å². The molecule has 0 amide bonds. The second kappa shape index (κ2) is 5.14. The Bertz CT molecular complexity index is 467. The van der Waals surface area contributed by atoms with Crippen LogP contribution in [0.4, 0.5) is 0 Å². The summed E-state index contributed by atoms with van der Waals surface area (Å²) in [7, 11) is -3.21. The molecule has 0 aliphatic heterocycles. The van der Waals surface area contributed by atoms with Crippen LogP contribution in [0.5, 0.6) is 0 Å². The summed E-state index contributed by atoms with van der Waals surface area (Å²) in [5.41, 5.74) is 5.63. The Labute approximate surface area is 102 Å². The fraction of sp³-hybridized carbons (Fsp3) is 0.800. The predicted octanol–water partition coefficient (Wildman–Crippen LogP) is 0.874. The van der Waals surface area contributed by atoms with Gasteiger partial charge in [0, 0.05) is 12.8 Å². The first-order valence-electron chi connectivity index (χ1n) is 5.49. The first-order chi connectivity index (χ1) is 7.77. The molecule has 2 atom stereocenters. The number of rotatable bonds is 5. The molecule has 0 aromatic carbocycles. The molecule has 1 aromatic heterocycles. The van der Waals surface area contributed by atoms with Crippen molar-refractivity contribution < 1.29 is 12.9 Å². The lowest BCUT2D eigenvalue weighted by atomic mass is 9.96. The maximum atomic E-state index is 11.4. The monoisotopic (exact) mass is 261 g/mol. The molecule has 0 aliphatic rings. The van der Waals surface area contributed by atoms with Crippen LogP contribution in [0.15, 0.2) is 4.52 Å². The molecule has 1 rings (SSSR count). The molecule has 2 unspecified atom stereocenters. The Morgan fingerprint density at radius 1 is 1.35 bits per heavy atom. The third-order valence-corrected chi connectivity index (χ3v) is 4.33. The van der Waals surface area contributed by atoms with Gasteiger partial charge in [-0.1, -0.05) is 19.0 Å². The van der Waals surface area contributed by atoms with Crippen LogP contribution in [0.3, 0.4) is 0 Å². The van der Waals surface area contributed by atoms with Crippen molar-refractivity contribution in [2.24, 2.45) is 11.7 Å². The highest BCUT2D eigenvalue weighted by Gasteiger charge is 2.26. The summed E-state index contributed by atoms with van der Waals surface area (Å²) >= 11 is 0. The summed E-state index contributed by atoms with van der Waals surface area (Å²) in [5.74, 6) is 0.833. The van der Waals surface area contributed by atoms with E-state index in [-0.39, 0.29) is 17.7 Å². The Morgan fingerprint density at radius 2 is 1.94 bits per heavy atom. The van der Waals surface area contributed by atoms with E-state index in [0.717, 1.165) is 6.26 Å². The molecule has 0 fully saturated rings. The Balaban J connectivity index is 2.99. The van der Waals surface area contributed by atoms with Gasteiger partial charge in [0.2, 0.25) is 5.89 Å². The van der Waals surface area contributed by atoms with Gasteiger partial charge < -0.3 is 10.3 Å². The fourth-order valence-electron chi connectivity index (χ4n) is 1.41. The van der Waals surface area contributed by atoms with Crippen LogP contribution < -0.4 is 5.73 Å². The van der Waals surface area contributed by atoms with E-state index in [4.69, 9.17) is 10.3 Å². The third-order valence-electron chi connectivity index (χ3n) is 2.84. The number of sulfone groups is 1. The van der Waals surface area contributed by atoms with E-state index < -0.39 is 15.1 Å². The molecule has 7 heteroatoms. The average Bonchev–Trinajstić information content (AvgIpc) is 2.64. The van der Waals surface area contributed by atoms with E-state index >= 15 is 0 Å². The van der Waals surface area contributed by atoms with E-state index in [1.54, 1.807) is 0 Å². The van der Waals surface area contributed by atoms with Crippen molar-refractivity contribution in [3.05, 3.63) is 11.7 Å². The van der Waals surface area contributed by atoms with E-state index in [1.165, 1.54) is 6.92 Å². The number of hydrogen-bond donors (Lipinski definition) is 1. The van der Waals surface area contributed by atoms with Gasteiger partial charge in [0.1, 0.15) is 5.25 Å². The number of nitrogens with zero attached hydrogens (tertiary/aromatic N) is 2. The summed E-state index contributed by atoms with van der Waals surface area (Å²) in [6, 6.07) is 0. The van der Waals surface area contributed by atoms with Gasteiger partial charge >= 0.3 is 0 Å². The molecule has 0 spiro atoms.